The van der Waals surface area contributed by atoms with Gasteiger partial charge in [0.1, 0.15) is 0 Å². The van der Waals surface area contributed by atoms with E-state index in [1.54, 1.807) is 18.2 Å². The third kappa shape index (κ3) is 4.59. The molecule has 0 spiro atoms. The molecule has 0 aliphatic heterocycles. The van der Waals surface area contributed by atoms with E-state index in [1.807, 2.05) is 36.4 Å². The minimum absolute atomic E-state index is 0.0573. The molecule has 0 atom stereocenters. The molecule has 6 nitrogen and oxygen atoms in total. The van der Waals surface area contributed by atoms with Crippen molar-refractivity contribution in [2.24, 2.45) is 0 Å². The van der Waals surface area contributed by atoms with Gasteiger partial charge in [-0.25, -0.2) is 0 Å². The summed E-state index contributed by atoms with van der Waals surface area (Å²) in [4.78, 5) is 38.2. The van der Waals surface area contributed by atoms with Gasteiger partial charge in [0, 0.05) is 18.2 Å². The third-order valence-electron chi connectivity index (χ3n) is 6.20. The Bertz CT molecular complexity index is 1230. The molecule has 0 radical (unpaired) electrons. The molecular formula is C26H29N3O3. The smallest absolute Gasteiger partial charge is 0.317 e. The van der Waals surface area contributed by atoms with Crippen LogP contribution in [0.1, 0.15) is 54.4 Å². The molecule has 1 saturated carbocycles. The molecule has 0 unspecified atom stereocenters. The predicted molar refractivity (Wildman–Crippen MR) is 127 cm³/mol. The van der Waals surface area contributed by atoms with Crippen molar-refractivity contribution in [3.8, 4) is 0 Å². The zero-order chi connectivity index (χ0) is 22.5. The second-order valence-corrected chi connectivity index (χ2v) is 8.44. The van der Waals surface area contributed by atoms with Crippen LogP contribution in [0.25, 0.3) is 11.0 Å². The zero-order valence-electron chi connectivity index (χ0n) is 18.3. The van der Waals surface area contributed by atoms with Crippen LogP contribution in [0.3, 0.4) is 0 Å². The van der Waals surface area contributed by atoms with Gasteiger partial charge < -0.3 is 5.32 Å². The maximum atomic E-state index is 12.8. The summed E-state index contributed by atoms with van der Waals surface area (Å²) in [6.07, 6.45) is 8.50. The first-order valence-electron chi connectivity index (χ1n) is 11.3. The molecule has 0 saturated heterocycles. The van der Waals surface area contributed by atoms with E-state index in [-0.39, 0.29) is 25.0 Å². The molecule has 4 rings (SSSR count). The van der Waals surface area contributed by atoms with E-state index in [9.17, 15) is 14.4 Å². The minimum Gasteiger partial charge on any atom is -0.349 e. The number of para-hydroxylation sites is 2. The Labute approximate surface area is 187 Å². The number of fused-ring (bicyclic) bond motifs is 1. The number of hydrogen-bond acceptors (Lipinski definition) is 3. The Hall–Kier alpha value is -3.41. The fourth-order valence-corrected chi connectivity index (χ4v) is 4.47. The Balaban J connectivity index is 1.57. The lowest BCUT2D eigenvalue weighted by Gasteiger charge is -2.16. The monoisotopic (exact) mass is 431 g/mol. The van der Waals surface area contributed by atoms with Gasteiger partial charge in [0.25, 0.3) is 5.91 Å². The summed E-state index contributed by atoms with van der Waals surface area (Å²) in [7, 11) is 0. The number of nitrogens with zero attached hydrogens (tertiary/aromatic N) is 2. The maximum absolute atomic E-state index is 12.8. The summed E-state index contributed by atoms with van der Waals surface area (Å²) in [5, 5.41) is 3.16. The van der Waals surface area contributed by atoms with Gasteiger partial charge in [-0.2, -0.15) is 0 Å². The SMILES string of the molecule is C=CCn1c(=O)c(=O)n(Cc2ccc(C(=O)NC3CCCCCC3)cc2)c2ccccc21. The molecule has 1 heterocycles. The van der Waals surface area contributed by atoms with E-state index in [2.05, 4.69) is 11.9 Å². The maximum Gasteiger partial charge on any atom is 0.317 e. The molecule has 1 fully saturated rings. The molecule has 32 heavy (non-hydrogen) atoms. The standard InChI is InChI=1S/C26H29N3O3/c1-2-17-28-22-11-7-8-12-23(22)29(26(32)25(28)31)18-19-13-15-20(16-14-19)24(30)27-21-9-5-3-4-6-10-21/h2,7-8,11-16,21H,1,3-6,9-10,17-18H2,(H,27,30). The van der Waals surface area contributed by atoms with Crippen LogP contribution in [0.2, 0.25) is 0 Å². The number of rotatable bonds is 6. The number of nitrogens with one attached hydrogen (secondary N) is 1. The van der Waals surface area contributed by atoms with Gasteiger partial charge in [-0.05, 0) is 42.7 Å². The van der Waals surface area contributed by atoms with Gasteiger partial charge >= 0.3 is 11.1 Å². The summed E-state index contributed by atoms with van der Waals surface area (Å²) in [6.45, 7) is 4.22. The van der Waals surface area contributed by atoms with Crippen molar-refractivity contribution in [2.75, 3.05) is 0 Å². The number of amides is 1. The van der Waals surface area contributed by atoms with Gasteiger partial charge in [-0.1, -0.05) is 56.0 Å². The van der Waals surface area contributed by atoms with E-state index >= 15 is 0 Å². The first kappa shape index (κ1) is 21.8. The number of allylic oxidation sites excluding steroid dienone is 1. The Kier molecular flexibility index (Phi) is 6.69. The predicted octanol–water partition coefficient (Wildman–Crippen LogP) is 3.85. The molecule has 166 valence electrons. The highest BCUT2D eigenvalue weighted by Crippen LogP contribution is 2.18. The molecular weight excluding hydrogens is 402 g/mol. The largest absolute Gasteiger partial charge is 0.349 e. The average molecular weight is 432 g/mol. The summed E-state index contributed by atoms with van der Waals surface area (Å²) < 4.78 is 2.94. The third-order valence-corrected chi connectivity index (χ3v) is 6.20. The topological polar surface area (TPSA) is 73.1 Å². The normalized spacial score (nSPS) is 14.8. The van der Waals surface area contributed by atoms with Crippen LogP contribution in [-0.2, 0) is 13.1 Å². The van der Waals surface area contributed by atoms with Crippen molar-refractivity contribution in [3.63, 3.8) is 0 Å². The van der Waals surface area contributed by atoms with Crippen LogP contribution in [0, 0.1) is 0 Å². The van der Waals surface area contributed by atoms with Crippen molar-refractivity contribution in [2.45, 2.75) is 57.7 Å². The van der Waals surface area contributed by atoms with E-state index in [0.29, 0.717) is 16.6 Å². The molecule has 0 bridgehead atoms. The molecule has 1 N–H and O–H groups in total. The van der Waals surface area contributed by atoms with Crippen LogP contribution in [0.15, 0.2) is 70.8 Å². The van der Waals surface area contributed by atoms with Crippen molar-refractivity contribution < 1.29 is 4.79 Å². The van der Waals surface area contributed by atoms with Gasteiger partial charge in [0.05, 0.1) is 17.6 Å². The van der Waals surface area contributed by atoms with Gasteiger partial charge in [-0.15, -0.1) is 6.58 Å². The van der Waals surface area contributed by atoms with Crippen molar-refractivity contribution in [3.05, 3.63) is 93.0 Å². The molecule has 1 amide bonds. The highest BCUT2D eigenvalue weighted by Gasteiger charge is 2.16. The van der Waals surface area contributed by atoms with E-state index in [4.69, 9.17) is 0 Å². The Morgan fingerprint density at radius 1 is 0.906 bits per heavy atom. The Morgan fingerprint density at radius 2 is 1.50 bits per heavy atom. The number of carbonyl (C=O) groups excluding carboxylic acids is 1. The molecule has 2 aromatic carbocycles. The number of hydrogen-bond donors (Lipinski definition) is 1. The summed E-state index contributed by atoms with van der Waals surface area (Å²) >= 11 is 0. The zero-order valence-corrected chi connectivity index (χ0v) is 18.3. The summed E-state index contributed by atoms with van der Waals surface area (Å²) in [6, 6.07) is 14.9. The van der Waals surface area contributed by atoms with Crippen LogP contribution in [0.4, 0.5) is 0 Å². The summed E-state index contributed by atoms with van der Waals surface area (Å²) in [5.41, 5.74) is 1.70. The van der Waals surface area contributed by atoms with E-state index < -0.39 is 11.1 Å². The van der Waals surface area contributed by atoms with Crippen LogP contribution in [0.5, 0.6) is 0 Å². The van der Waals surface area contributed by atoms with E-state index in [1.165, 1.54) is 22.0 Å². The molecule has 1 aromatic heterocycles. The van der Waals surface area contributed by atoms with Gasteiger partial charge in [0.2, 0.25) is 0 Å². The lowest BCUT2D eigenvalue weighted by atomic mass is 10.1. The van der Waals surface area contributed by atoms with E-state index in [0.717, 1.165) is 31.2 Å². The molecule has 1 aliphatic rings. The number of benzene rings is 2. The molecule has 3 aromatic rings. The fraction of sp³-hybridized carbons (Fsp3) is 0.346. The summed E-state index contributed by atoms with van der Waals surface area (Å²) in [5.74, 6) is -0.0573. The first-order valence-corrected chi connectivity index (χ1v) is 11.3. The Morgan fingerprint density at radius 3 is 2.12 bits per heavy atom. The quantitative estimate of drug-likeness (QED) is 0.366. The average Bonchev–Trinajstić information content (AvgIpc) is 3.08. The lowest BCUT2D eigenvalue weighted by molar-refractivity contribution is 0.0933. The second kappa shape index (κ2) is 9.81. The number of aromatic nitrogens is 2. The van der Waals surface area contributed by atoms with Crippen LogP contribution >= 0.6 is 0 Å². The molecule has 1 aliphatic carbocycles. The number of carbonyl (C=O) groups is 1. The fourth-order valence-electron chi connectivity index (χ4n) is 4.47. The van der Waals surface area contributed by atoms with Crippen molar-refractivity contribution in [1.82, 2.24) is 14.5 Å². The lowest BCUT2D eigenvalue weighted by Crippen LogP contribution is -2.41. The highest BCUT2D eigenvalue weighted by molar-refractivity contribution is 5.94. The highest BCUT2D eigenvalue weighted by atomic mass is 16.2. The van der Waals surface area contributed by atoms with Crippen LogP contribution < -0.4 is 16.4 Å². The minimum atomic E-state index is -0.569. The molecule has 6 heteroatoms. The van der Waals surface area contributed by atoms with Gasteiger partial charge in [-0.3, -0.25) is 23.5 Å². The first-order chi connectivity index (χ1) is 15.6. The second-order valence-electron chi connectivity index (χ2n) is 8.44. The van der Waals surface area contributed by atoms with Gasteiger partial charge in [0.15, 0.2) is 0 Å². The van der Waals surface area contributed by atoms with Crippen LogP contribution in [-0.4, -0.2) is 21.1 Å². The van der Waals surface area contributed by atoms with Crippen molar-refractivity contribution >= 4 is 16.9 Å². The van der Waals surface area contributed by atoms with Crippen molar-refractivity contribution in [1.29, 1.82) is 0 Å².